The minimum atomic E-state index is -0.864. The molecule has 0 amide bonds. The molecule has 0 spiro atoms. The Kier molecular flexibility index (Phi) is 3.56. The van der Waals surface area contributed by atoms with Gasteiger partial charge in [0.15, 0.2) is 0 Å². The fraction of sp³-hybridized carbons (Fsp3) is 0.538. The molecule has 0 bridgehead atoms. The molecule has 1 saturated carbocycles. The van der Waals surface area contributed by atoms with Crippen LogP contribution in [-0.4, -0.2) is 17.3 Å². The fourth-order valence-electron chi connectivity index (χ4n) is 1.92. The van der Waals surface area contributed by atoms with Gasteiger partial charge in [-0.25, -0.2) is 4.39 Å². The Balaban J connectivity index is 2.35. The quantitative estimate of drug-likeness (QED) is 0.747. The summed E-state index contributed by atoms with van der Waals surface area (Å²) in [6.07, 6.45) is 1.98. The number of anilines is 2. The van der Waals surface area contributed by atoms with E-state index in [1.807, 2.05) is 0 Å². The van der Waals surface area contributed by atoms with Crippen LogP contribution in [0.25, 0.3) is 0 Å². The highest BCUT2D eigenvalue weighted by Gasteiger charge is 2.31. The van der Waals surface area contributed by atoms with Crippen molar-refractivity contribution in [3.8, 4) is 0 Å². The Labute approximate surface area is 115 Å². The molecular weight excluding hydrogens is 299 g/mol. The van der Waals surface area contributed by atoms with Gasteiger partial charge in [-0.1, -0.05) is 0 Å². The second kappa shape index (κ2) is 4.70. The molecule has 0 atom stereocenters. The minimum Gasteiger partial charge on any atom is -0.397 e. The maximum atomic E-state index is 14.1. The molecular formula is C13H18BrFN2O. The van der Waals surface area contributed by atoms with Crippen molar-refractivity contribution in [1.82, 2.24) is 0 Å². The zero-order chi connectivity index (χ0) is 13.5. The number of hydrogen-bond donors (Lipinski definition) is 3. The lowest BCUT2D eigenvalue weighted by molar-refractivity contribution is 0.0945. The molecule has 3 nitrogen and oxygen atoms in total. The Morgan fingerprint density at radius 2 is 2.17 bits per heavy atom. The van der Waals surface area contributed by atoms with Crippen LogP contribution in [0.3, 0.4) is 0 Å². The molecule has 1 aromatic carbocycles. The Morgan fingerprint density at radius 1 is 1.56 bits per heavy atom. The number of halogens is 2. The number of nitrogens with two attached hydrogens (primary N) is 1. The Morgan fingerprint density at radius 3 is 2.67 bits per heavy atom. The first-order valence-electron chi connectivity index (χ1n) is 6.03. The van der Waals surface area contributed by atoms with Gasteiger partial charge in [-0.05, 0) is 54.6 Å². The van der Waals surface area contributed by atoms with Gasteiger partial charge < -0.3 is 16.2 Å². The highest BCUT2D eigenvalue weighted by Crippen LogP contribution is 2.48. The van der Waals surface area contributed by atoms with Crippen LogP contribution in [0.15, 0.2) is 10.5 Å². The van der Waals surface area contributed by atoms with Crippen molar-refractivity contribution in [2.75, 3.05) is 17.6 Å². The number of nitrogens with one attached hydrogen (secondary N) is 1. The molecule has 0 unspecified atom stereocenters. The zero-order valence-corrected chi connectivity index (χ0v) is 12.1. The minimum absolute atomic E-state index is 0.245. The van der Waals surface area contributed by atoms with Gasteiger partial charge in [-0.2, -0.15) is 0 Å². The summed E-state index contributed by atoms with van der Waals surface area (Å²) in [4.78, 5) is 0. The second-order valence-corrected chi connectivity index (χ2v) is 6.34. The lowest BCUT2D eigenvalue weighted by atomic mass is 10.0. The second-order valence-electron chi connectivity index (χ2n) is 5.49. The van der Waals surface area contributed by atoms with E-state index in [-0.39, 0.29) is 11.7 Å². The number of nitrogen functional groups attached to an aromatic ring is 1. The van der Waals surface area contributed by atoms with Crippen LogP contribution in [0.5, 0.6) is 0 Å². The molecule has 0 aromatic heterocycles. The van der Waals surface area contributed by atoms with Crippen LogP contribution in [0.4, 0.5) is 15.8 Å². The third-order valence-electron chi connectivity index (χ3n) is 2.97. The van der Waals surface area contributed by atoms with Gasteiger partial charge in [0, 0.05) is 12.1 Å². The van der Waals surface area contributed by atoms with E-state index in [0.717, 1.165) is 12.8 Å². The van der Waals surface area contributed by atoms with Crippen LogP contribution in [0, 0.1) is 5.82 Å². The Hall–Kier alpha value is -0.810. The summed E-state index contributed by atoms with van der Waals surface area (Å²) in [5.74, 6) is -0.000879. The summed E-state index contributed by atoms with van der Waals surface area (Å²) < 4.78 is 14.5. The fourth-order valence-corrected chi connectivity index (χ4v) is 2.38. The highest BCUT2D eigenvalue weighted by molar-refractivity contribution is 9.10. The van der Waals surface area contributed by atoms with Crippen molar-refractivity contribution in [3.05, 3.63) is 21.9 Å². The lowest BCUT2D eigenvalue weighted by Crippen LogP contribution is -2.30. The van der Waals surface area contributed by atoms with Crippen LogP contribution >= 0.6 is 15.9 Å². The summed E-state index contributed by atoms with van der Waals surface area (Å²) in [6.45, 7) is 3.72. The van der Waals surface area contributed by atoms with E-state index in [2.05, 4.69) is 21.2 Å². The van der Waals surface area contributed by atoms with E-state index >= 15 is 0 Å². The van der Waals surface area contributed by atoms with Crippen LogP contribution in [0.1, 0.15) is 38.2 Å². The average molecular weight is 317 g/mol. The van der Waals surface area contributed by atoms with E-state index in [4.69, 9.17) is 5.73 Å². The molecule has 0 aliphatic heterocycles. The topological polar surface area (TPSA) is 58.3 Å². The largest absolute Gasteiger partial charge is 0.397 e. The van der Waals surface area contributed by atoms with Gasteiger partial charge in [0.05, 0.1) is 21.4 Å². The summed E-state index contributed by atoms with van der Waals surface area (Å²) >= 11 is 3.19. The molecule has 1 fully saturated rings. The molecule has 2 rings (SSSR count). The van der Waals surface area contributed by atoms with Gasteiger partial charge in [-0.15, -0.1) is 0 Å². The number of rotatable bonds is 4. The van der Waals surface area contributed by atoms with Crippen molar-refractivity contribution in [2.24, 2.45) is 0 Å². The molecule has 0 saturated heterocycles. The monoisotopic (exact) mass is 316 g/mol. The van der Waals surface area contributed by atoms with Crippen molar-refractivity contribution in [1.29, 1.82) is 0 Å². The van der Waals surface area contributed by atoms with E-state index in [1.165, 1.54) is 0 Å². The van der Waals surface area contributed by atoms with E-state index in [9.17, 15) is 9.50 Å². The first-order valence-corrected chi connectivity index (χ1v) is 6.82. The van der Waals surface area contributed by atoms with E-state index < -0.39 is 5.60 Å². The molecule has 1 aromatic rings. The number of benzene rings is 1. The van der Waals surface area contributed by atoms with Gasteiger partial charge in [-0.3, -0.25) is 0 Å². The van der Waals surface area contributed by atoms with Crippen LogP contribution in [0.2, 0.25) is 0 Å². The van der Waals surface area contributed by atoms with Crippen molar-refractivity contribution < 1.29 is 9.50 Å². The maximum absolute atomic E-state index is 14.1. The average Bonchev–Trinajstić information content (AvgIpc) is 3.03. The third kappa shape index (κ3) is 2.95. The molecule has 5 heteroatoms. The lowest BCUT2D eigenvalue weighted by Gasteiger charge is -2.22. The molecule has 0 radical (unpaired) electrons. The van der Waals surface area contributed by atoms with Gasteiger partial charge in [0.2, 0.25) is 0 Å². The molecule has 18 heavy (non-hydrogen) atoms. The first-order chi connectivity index (χ1) is 8.29. The van der Waals surface area contributed by atoms with Gasteiger partial charge in [0.25, 0.3) is 0 Å². The molecule has 0 heterocycles. The SMILES string of the molecule is CC(C)(O)CNc1c(N)cc(Br)c(F)c1C1CC1. The summed E-state index contributed by atoms with van der Waals surface area (Å²) in [5.41, 5.74) is 6.86. The van der Waals surface area contributed by atoms with E-state index in [0.29, 0.717) is 28.0 Å². The van der Waals surface area contributed by atoms with Crippen molar-refractivity contribution in [3.63, 3.8) is 0 Å². The first kappa shape index (κ1) is 13.6. The number of aliphatic hydroxyl groups is 1. The summed E-state index contributed by atoms with van der Waals surface area (Å²) in [5, 5.41) is 12.8. The predicted octanol–water partition coefficient (Wildman–Crippen LogP) is 3.23. The smallest absolute Gasteiger partial charge is 0.143 e. The zero-order valence-electron chi connectivity index (χ0n) is 10.6. The van der Waals surface area contributed by atoms with Gasteiger partial charge >= 0.3 is 0 Å². The van der Waals surface area contributed by atoms with E-state index in [1.54, 1.807) is 19.9 Å². The molecule has 100 valence electrons. The Bertz CT molecular complexity index is 467. The molecule has 1 aliphatic rings. The van der Waals surface area contributed by atoms with Crippen LogP contribution in [-0.2, 0) is 0 Å². The normalized spacial score (nSPS) is 15.8. The van der Waals surface area contributed by atoms with Crippen molar-refractivity contribution >= 4 is 27.3 Å². The maximum Gasteiger partial charge on any atom is 0.143 e. The number of hydrogen-bond acceptors (Lipinski definition) is 3. The molecule has 1 aliphatic carbocycles. The summed E-state index contributed by atoms with van der Waals surface area (Å²) in [6, 6.07) is 1.56. The van der Waals surface area contributed by atoms with Crippen LogP contribution < -0.4 is 11.1 Å². The highest BCUT2D eigenvalue weighted by atomic mass is 79.9. The standard InChI is InChI=1S/C13H18BrFN2O/c1-13(2,18)6-17-12-9(16)5-8(14)11(15)10(12)7-3-4-7/h5,7,17-18H,3-4,6,16H2,1-2H3. The van der Waals surface area contributed by atoms with Gasteiger partial charge in [0.1, 0.15) is 5.82 Å². The predicted molar refractivity (Wildman–Crippen MR) is 75.3 cm³/mol. The third-order valence-corrected chi connectivity index (χ3v) is 3.55. The molecule has 4 N–H and O–H groups in total. The van der Waals surface area contributed by atoms with Crippen molar-refractivity contribution in [2.45, 2.75) is 38.2 Å². The summed E-state index contributed by atoms with van der Waals surface area (Å²) in [7, 11) is 0.